The number of halogens is 1. The maximum absolute atomic E-state index is 13.7. The Balaban J connectivity index is 1.89. The maximum Gasteiger partial charge on any atom is 0.333 e. The van der Waals surface area contributed by atoms with Crippen molar-refractivity contribution in [2.24, 2.45) is 0 Å². The minimum Gasteiger partial charge on any atom is -0.411 e. The second kappa shape index (κ2) is 13.5. The lowest BCUT2D eigenvalue weighted by Gasteiger charge is -2.36. The molecule has 0 aliphatic carbocycles. The van der Waals surface area contributed by atoms with E-state index in [1.165, 1.54) is 4.57 Å². The third kappa shape index (κ3) is 8.83. The van der Waals surface area contributed by atoms with Crippen molar-refractivity contribution >= 4 is 28.0 Å². The van der Waals surface area contributed by atoms with Gasteiger partial charge in [0.05, 0.1) is 18.4 Å². The van der Waals surface area contributed by atoms with Crippen LogP contribution < -0.4 is 11.2 Å². The molecular formula is C29H45ClN4O6Si2. The summed E-state index contributed by atoms with van der Waals surface area (Å²) in [5.74, 6) is 0.343. The Morgan fingerprint density at radius 3 is 2.31 bits per heavy atom. The summed E-state index contributed by atoms with van der Waals surface area (Å²) in [6.45, 7) is 19.6. The number of aliphatic hydroxyl groups is 1. The molecule has 0 aliphatic heterocycles. The minimum absolute atomic E-state index is 0.00297. The second-order valence-electron chi connectivity index (χ2n) is 13.4. The molecule has 2 heterocycles. The number of aliphatic hydroxyl groups excluding tert-OH is 1. The van der Waals surface area contributed by atoms with Crippen molar-refractivity contribution < 1.29 is 18.8 Å². The van der Waals surface area contributed by atoms with Crippen molar-refractivity contribution in [1.82, 2.24) is 19.3 Å². The van der Waals surface area contributed by atoms with Crippen LogP contribution in [0.2, 0.25) is 48.8 Å². The summed E-state index contributed by atoms with van der Waals surface area (Å²) in [4.78, 5) is 31.6. The predicted octanol–water partition coefficient (Wildman–Crippen LogP) is 5.51. The first-order valence-corrected chi connectivity index (χ1v) is 21.2. The fourth-order valence-electron chi connectivity index (χ4n) is 3.88. The third-order valence-electron chi connectivity index (χ3n) is 7.81. The van der Waals surface area contributed by atoms with E-state index in [2.05, 4.69) is 63.6 Å². The summed E-state index contributed by atoms with van der Waals surface area (Å²) in [6, 6.07) is 7.78. The number of benzene rings is 1. The van der Waals surface area contributed by atoms with Crippen LogP contribution in [0.3, 0.4) is 0 Å². The van der Waals surface area contributed by atoms with Gasteiger partial charge < -0.3 is 18.8 Å². The number of nitrogens with zero attached hydrogens (tertiary/aromatic N) is 4. The molecule has 1 aromatic carbocycles. The van der Waals surface area contributed by atoms with E-state index >= 15 is 0 Å². The second-order valence-corrected chi connectivity index (χ2v) is 24.3. The van der Waals surface area contributed by atoms with Gasteiger partial charge in [-0.15, -0.1) is 0 Å². The van der Waals surface area contributed by atoms with E-state index in [1.54, 1.807) is 31.2 Å². The zero-order valence-corrected chi connectivity index (χ0v) is 29.0. The lowest BCUT2D eigenvalue weighted by molar-refractivity contribution is 0.0769. The van der Waals surface area contributed by atoms with Gasteiger partial charge in [-0.2, -0.15) is 4.98 Å². The molecule has 3 rings (SSSR count). The molecule has 0 bridgehead atoms. The molecule has 0 radical (unpaired) electrons. The molecule has 1 unspecified atom stereocenters. The molecule has 2 aromatic heterocycles. The van der Waals surface area contributed by atoms with E-state index < -0.39 is 33.7 Å². The van der Waals surface area contributed by atoms with Crippen LogP contribution in [0.5, 0.6) is 0 Å². The van der Waals surface area contributed by atoms with Gasteiger partial charge in [0.15, 0.2) is 14.1 Å². The molecule has 42 heavy (non-hydrogen) atoms. The van der Waals surface area contributed by atoms with Gasteiger partial charge >= 0.3 is 5.69 Å². The van der Waals surface area contributed by atoms with Gasteiger partial charge in [0.25, 0.3) is 5.56 Å². The average molecular weight is 637 g/mol. The highest BCUT2D eigenvalue weighted by Gasteiger charge is 2.37. The molecule has 0 saturated carbocycles. The zero-order chi connectivity index (χ0) is 31.5. The van der Waals surface area contributed by atoms with E-state index in [4.69, 9.17) is 25.3 Å². The minimum atomic E-state index is -2.16. The molecule has 0 aliphatic rings. The molecule has 0 saturated heterocycles. The molecule has 232 valence electrons. The predicted molar refractivity (Wildman–Crippen MR) is 169 cm³/mol. The quantitative estimate of drug-likeness (QED) is 0.192. The van der Waals surface area contributed by atoms with Gasteiger partial charge in [0, 0.05) is 31.7 Å². The Kier molecular flexibility index (Phi) is 11.0. The Morgan fingerprint density at radius 1 is 1.07 bits per heavy atom. The molecule has 1 N–H and O–H groups in total. The van der Waals surface area contributed by atoms with Crippen LogP contribution in [0.4, 0.5) is 0 Å². The van der Waals surface area contributed by atoms with Crippen molar-refractivity contribution in [3.05, 3.63) is 78.7 Å². The first-order valence-electron chi connectivity index (χ1n) is 14.2. The van der Waals surface area contributed by atoms with Crippen molar-refractivity contribution in [2.45, 2.75) is 104 Å². The van der Waals surface area contributed by atoms with Crippen LogP contribution in [-0.2, 0) is 35.5 Å². The van der Waals surface area contributed by atoms with E-state index in [0.29, 0.717) is 28.5 Å². The van der Waals surface area contributed by atoms with E-state index in [-0.39, 0.29) is 43.1 Å². The highest BCUT2D eigenvalue weighted by atomic mass is 35.5. The van der Waals surface area contributed by atoms with Gasteiger partial charge in [-0.3, -0.25) is 13.9 Å². The Labute approximate surface area is 254 Å². The zero-order valence-electron chi connectivity index (χ0n) is 26.3. The number of ether oxygens (including phenoxy) is 1. The number of rotatable bonds is 13. The van der Waals surface area contributed by atoms with Crippen LogP contribution in [0.15, 0.2) is 38.4 Å². The Morgan fingerprint density at radius 2 is 1.71 bits per heavy atom. The summed E-state index contributed by atoms with van der Waals surface area (Å²) in [7, 11) is -3.50. The highest BCUT2D eigenvalue weighted by Crippen LogP contribution is 2.37. The topological polar surface area (TPSA) is 122 Å². The number of hydrogen-bond acceptors (Lipinski definition) is 8. The summed E-state index contributed by atoms with van der Waals surface area (Å²) < 4.78 is 20.3. The SMILES string of the molecule is Cc1c(CO[Si](C)(C)C(C)(C)C)n(COCC[Si](C)(C)C)c(=O)n(Cc2nc(CC(O)c3ccc(Cl)cc3)no2)c1=O. The average Bonchev–Trinajstić information content (AvgIpc) is 3.32. The van der Waals surface area contributed by atoms with Gasteiger partial charge in [-0.25, -0.2) is 4.79 Å². The molecule has 0 amide bonds. The van der Waals surface area contributed by atoms with Crippen LogP contribution in [0, 0.1) is 6.92 Å². The van der Waals surface area contributed by atoms with Crippen LogP contribution >= 0.6 is 11.6 Å². The number of hydrogen-bond donors (Lipinski definition) is 1. The molecule has 0 spiro atoms. The summed E-state index contributed by atoms with van der Waals surface area (Å²) >= 11 is 5.93. The normalized spacial score (nSPS) is 13.5. The van der Waals surface area contributed by atoms with Crippen LogP contribution in [0.1, 0.15) is 55.4 Å². The molecule has 3 aromatic rings. The monoisotopic (exact) mass is 636 g/mol. The Hall–Kier alpha value is -2.36. The smallest absolute Gasteiger partial charge is 0.333 e. The summed E-state index contributed by atoms with van der Waals surface area (Å²) in [5, 5.41) is 15.1. The van der Waals surface area contributed by atoms with E-state index in [0.717, 1.165) is 10.6 Å². The van der Waals surface area contributed by atoms with Crippen LogP contribution in [-0.4, -0.2) is 47.4 Å². The third-order valence-corrected chi connectivity index (χ3v) is 14.2. The molecule has 13 heteroatoms. The lowest BCUT2D eigenvalue weighted by atomic mass is 10.1. The van der Waals surface area contributed by atoms with Crippen molar-refractivity contribution in [3.8, 4) is 0 Å². The number of aromatic nitrogens is 4. The van der Waals surface area contributed by atoms with Gasteiger partial charge in [-0.05, 0) is 48.8 Å². The summed E-state index contributed by atoms with van der Waals surface area (Å²) in [5.41, 5.74) is 0.586. The van der Waals surface area contributed by atoms with Crippen LogP contribution in [0.25, 0.3) is 0 Å². The lowest BCUT2D eigenvalue weighted by Crippen LogP contribution is -2.45. The van der Waals surface area contributed by atoms with Gasteiger partial charge in [-0.1, -0.05) is 69.3 Å². The van der Waals surface area contributed by atoms with Crippen molar-refractivity contribution in [3.63, 3.8) is 0 Å². The molecule has 10 nitrogen and oxygen atoms in total. The standard InChI is InChI=1S/C29H45ClN4O6Si2/c1-20-23(18-39-42(8,9)29(2,3)4)34(19-38-14-15-41(5,6)7)28(37)33(27(20)36)17-26-31-25(32-40-26)16-24(35)21-10-12-22(30)13-11-21/h10-13,24,35H,14-19H2,1-9H3. The van der Waals surface area contributed by atoms with E-state index in [1.807, 2.05) is 0 Å². The molecule has 1 atom stereocenters. The molecule has 0 fully saturated rings. The van der Waals surface area contributed by atoms with Crippen molar-refractivity contribution in [1.29, 1.82) is 0 Å². The van der Waals surface area contributed by atoms with Crippen molar-refractivity contribution in [2.75, 3.05) is 6.61 Å². The van der Waals surface area contributed by atoms with E-state index in [9.17, 15) is 14.7 Å². The summed E-state index contributed by atoms with van der Waals surface area (Å²) in [6.07, 6.45) is -0.777. The fraction of sp³-hybridized carbons (Fsp3) is 0.586. The van der Waals surface area contributed by atoms with Gasteiger partial charge in [0.2, 0.25) is 5.89 Å². The van der Waals surface area contributed by atoms with Gasteiger partial charge in [0.1, 0.15) is 13.3 Å². The largest absolute Gasteiger partial charge is 0.411 e. The first kappa shape index (κ1) is 34.1. The fourth-order valence-corrected chi connectivity index (χ4v) is 5.70. The first-order chi connectivity index (χ1) is 19.4. The molecular weight excluding hydrogens is 592 g/mol. The highest BCUT2D eigenvalue weighted by molar-refractivity contribution is 6.76. The maximum atomic E-state index is 13.7. The Bertz CT molecular complexity index is 1470.